The Hall–Kier alpha value is -2.74. The molecule has 6 nitrogen and oxygen atoms in total. The van der Waals surface area contributed by atoms with Gasteiger partial charge in [-0.05, 0) is 30.7 Å². The van der Waals surface area contributed by atoms with Crippen LogP contribution in [-0.4, -0.2) is 17.8 Å². The zero-order valence-electron chi connectivity index (χ0n) is 15.5. The molecule has 2 amide bonds. The van der Waals surface area contributed by atoms with Crippen LogP contribution in [0.15, 0.2) is 30.3 Å². The molecule has 1 aromatic carbocycles. The molecule has 0 spiro atoms. The van der Waals surface area contributed by atoms with E-state index in [1.54, 1.807) is 33.8 Å². The summed E-state index contributed by atoms with van der Waals surface area (Å²) in [6.45, 7) is 7.02. The Morgan fingerprint density at radius 3 is 2.30 bits per heavy atom. The number of nitrogens with two attached hydrogens (primary N) is 1. The molecular weight excluding hydrogens is 371 g/mol. The van der Waals surface area contributed by atoms with E-state index in [0.717, 1.165) is 23.5 Å². The average Bonchev–Trinajstić information content (AvgIpc) is 2.92. The maximum atomic E-state index is 13.1. The van der Waals surface area contributed by atoms with Crippen LogP contribution in [0.3, 0.4) is 0 Å². The molecule has 0 saturated heterocycles. The predicted octanol–water partition coefficient (Wildman–Crippen LogP) is 3.56. The van der Waals surface area contributed by atoms with Crippen LogP contribution >= 0.6 is 11.3 Å². The van der Waals surface area contributed by atoms with Crippen molar-refractivity contribution in [1.82, 2.24) is 0 Å². The van der Waals surface area contributed by atoms with E-state index in [9.17, 15) is 18.8 Å². The van der Waals surface area contributed by atoms with Crippen molar-refractivity contribution in [3.8, 4) is 0 Å². The molecule has 0 aliphatic rings. The third-order valence-electron chi connectivity index (χ3n) is 3.68. The molecule has 1 atom stereocenters. The minimum absolute atomic E-state index is 0.190. The van der Waals surface area contributed by atoms with Crippen molar-refractivity contribution in [2.24, 2.45) is 11.1 Å². The van der Waals surface area contributed by atoms with Crippen molar-refractivity contribution in [2.45, 2.75) is 33.8 Å². The van der Waals surface area contributed by atoms with E-state index in [-0.39, 0.29) is 16.3 Å². The molecule has 1 heterocycles. The van der Waals surface area contributed by atoms with Gasteiger partial charge in [0.1, 0.15) is 10.7 Å². The summed E-state index contributed by atoms with van der Waals surface area (Å²) in [6, 6.07) is 6.61. The molecule has 0 aliphatic heterocycles. The number of primary amides is 1. The minimum Gasteiger partial charge on any atom is -0.443 e. The second-order valence-electron chi connectivity index (χ2n) is 7.07. The number of ether oxygens (including phenoxy) is 1. The second-order valence-corrected chi connectivity index (χ2v) is 8.12. The predicted molar refractivity (Wildman–Crippen MR) is 101 cm³/mol. The van der Waals surface area contributed by atoms with Gasteiger partial charge in [-0.1, -0.05) is 32.9 Å². The van der Waals surface area contributed by atoms with Crippen LogP contribution in [0.5, 0.6) is 0 Å². The summed E-state index contributed by atoms with van der Waals surface area (Å²) < 4.78 is 18.3. The van der Waals surface area contributed by atoms with Crippen LogP contribution in [0.25, 0.3) is 0 Å². The molecule has 1 unspecified atom stereocenters. The highest BCUT2D eigenvalue weighted by molar-refractivity contribution is 7.18. The first kappa shape index (κ1) is 20.6. The Bertz CT molecular complexity index is 869. The monoisotopic (exact) mass is 392 g/mol. The highest BCUT2D eigenvalue weighted by atomic mass is 32.1. The van der Waals surface area contributed by atoms with E-state index in [1.165, 1.54) is 12.1 Å². The van der Waals surface area contributed by atoms with Crippen molar-refractivity contribution < 1.29 is 23.5 Å². The number of rotatable bonds is 5. The highest BCUT2D eigenvalue weighted by Gasteiger charge is 2.27. The van der Waals surface area contributed by atoms with Crippen molar-refractivity contribution in [2.75, 3.05) is 5.32 Å². The van der Waals surface area contributed by atoms with Crippen LogP contribution in [0, 0.1) is 18.2 Å². The van der Waals surface area contributed by atoms with Gasteiger partial charge in [0.05, 0.1) is 5.00 Å². The zero-order valence-corrected chi connectivity index (χ0v) is 16.3. The number of esters is 1. The van der Waals surface area contributed by atoms with Crippen molar-refractivity contribution >= 4 is 34.1 Å². The number of hydrogen-bond donors (Lipinski definition) is 2. The van der Waals surface area contributed by atoms with E-state index in [0.29, 0.717) is 10.6 Å². The van der Waals surface area contributed by atoms with Crippen LogP contribution < -0.4 is 11.1 Å². The highest BCUT2D eigenvalue weighted by Crippen LogP contribution is 2.30. The Kier molecular flexibility index (Phi) is 6.00. The molecule has 0 radical (unpaired) electrons. The van der Waals surface area contributed by atoms with Crippen molar-refractivity contribution in [3.05, 3.63) is 52.2 Å². The molecule has 3 N–H and O–H groups in total. The molecule has 0 fully saturated rings. The SMILES string of the molecule is Cc1cc(NC(=O)C(C)(C)C)sc1C(=O)OC(C(N)=O)c1ccc(F)cc1. The molecule has 8 heteroatoms. The van der Waals surface area contributed by atoms with Gasteiger partial charge >= 0.3 is 5.97 Å². The van der Waals surface area contributed by atoms with E-state index >= 15 is 0 Å². The summed E-state index contributed by atoms with van der Waals surface area (Å²) in [5.74, 6) is -2.29. The van der Waals surface area contributed by atoms with Gasteiger partial charge in [0.25, 0.3) is 5.91 Å². The summed E-state index contributed by atoms with van der Waals surface area (Å²) in [5.41, 5.74) is 5.61. The molecular formula is C19H21FN2O4S. The normalized spacial score (nSPS) is 12.3. The Morgan fingerprint density at radius 1 is 1.19 bits per heavy atom. The molecule has 0 aliphatic carbocycles. The number of halogens is 1. The van der Waals surface area contributed by atoms with E-state index < -0.39 is 29.2 Å². The quantitative estimate of drug-likeness (QED) is 0.760. The number of carbonyl (C=O) groups excluding carboxylic acids is 3. The number of hydrogen-bond acceptors (Lipinski definition) is 5. The third-order valence-corrected chi connectivity index (χ3v) is 4.81. The first-order valence-corrected chi connectivity index (χ1v) is 8.98. The first-order chi connectivity index (χ1) is 12.5. The van der Waals surface area contributed by atoms with Gasteiger partial charge in [-0.3, -0.25) is 9.59 Å². The van der Waals surface area contributed by atoms with Gasteiger partial charge < -0.3 is 15.8 Å². The van der Waals surface area contributed by atoms with Gasteiger partial charge in [-0.25, -0.2) is 9.18 Å². The number of amides is 2. The van der Waals surface area contributed by atoms with Crippen LogP contribution in [0.2, 0.25) is 0 Å². The lowest BCUT2D eigenvalue weighted by molar-refractivity contribution is -0.127. The number of aryl methyl sites for hydroxylation is 1. The van der Waals surface area contributed by atoms with Gasteiger partial charge in [0, 0.05) is 11.0 Å². The van der Waals surface area contributed by atoms with Gasteiger partial charge in [-0.15, -0.1) is 11.3 Å². The standard InChI is InChI=1S/C19H21FN2O4S/c1-10-9-13(22-18(25)19(2,3)4)27-15(10)17(24)26-14(16(21)23)11-5-7-12(20)8-6-11/h5-9,14H,1-4H3,(H2,21,23)(H,22,25). The summed E-state index contributed by atoms with van der Waals surface area (Å²) in [4.78, 5) is 36.5. The molecule has 2 rings (SSSR count). The van der Waals surface area contributed by atoms with Crippen molar-refractivity contribution in [3.63, 3.8) is 0 Å². The molecule has 2 aromatic rings. The van der Waals surface area contributed by atoms with Crippen LogP contribution in [0.1, 0.15) is 47.7 Å². The first-order valence-electron chi connectivity index (χ1n) is 8.16. The largest absolute Gasteiger partial charge is 0.443 e. The summed E-state index contributed by atoms with van der Waals surface area (Å²) >= 11 is 1.04. The summed E-state index contributed by atoms with van der Waals surface area (Å²) in [5, 5.41) is 3.25. The fourth-order valence-corrected chi connectivity index (χ4v) is 3.08. The minimum atomic E-state index is -1.34. The number of benzene rings is 1. The summed E-state index contributed by atoms with van der Waals surface area (Å²) in [7, 11) is 0. The fraction of sp³-hybridized carbons (Fsp3) is 0.316. The van der Waals surface area contributed by atoms with Gasteiger partial charge in [0.2, 0.25) is 12.0 Å². The van der Waals surface area contributed by atoms with E-state index in [1.807, 2.05) is 0 Å². The smallest absolute Gasteiger partial charge is 0.349 e. The fourth-order valence-electron chi connectivity index (χ4n) is 2.13. The lowest BCUT2D eigenvalue weighted by atomic mass is 9.96. The van der Waals surface area contributed by atoms with E-state index in [4.69, 9.17) is 10.5 Å². The Labute approximate surface area is 160 Å². The lowest BCUT2D eigenvalue weighted by Gasteiger charge is -2.16. The molecule has 144 valence electrons. The zero-order chi connectivity index (χ0) is 20.4. The van der Waals surface area contributed by atoms with E-state index in [2.05, 4.69) is 5.32 Å². The average molecular weight is 392 g/mol. The molecule has 1 aromatic heterocycles. The molecule has 0 bridgehead atoms. The molecule has 27 heavy (non-hydrogen) atoms. The Balaban J connectivity index is 2.20. The number of anilines is 1. The molecule has 0 saturated carbocycles. The number of carbonyl (C=O) groups is 3. The third kappa shape index (κ3) is 5.13. The van der Waals surface area contributed by atoms with Crippen LogP contribution in [-0.2, 0) is 14.3 Å². The lowest BCUT2D eigenvalue weighted by Crippen LogP contribution is -2.27. The van der Waals surface area contributed by atoms with Gasteiger partial charge in [0.15, 0.2) is 0 Å². The second kappa shape index (κ2) is 7.87. The summed E-state index contributed by atoms with van der Waals surface area (Å²) in [6.07, 6.45) is -1.34. The maximum Gasteiger partial charge on any atom is 0.349 e. The topological polar surface area (TPSA) is 98.5 Å². The number of thiophene rings is 1. The Morgan fingerprint density at radius 2 is 1.78 bits per heavy atom. The van der Waals surface area contributed by atoms with Gasteiger partial charge in [-0.2, -0.15) is 0 Å². The van der Waals surface area contributed by atoms with Crippen LogP contribution in [0.4, 0.5) is 9.39 Å². The maximum absolute atomic E-state index is 13.1. The van der Waals surface area contributed by atoms with Crippen molar-refractivity contribution in [1.29, 1.82) is 0 Å². The number of nitrogens with one attached hydrogen (secondary N) is 1.